The van der Waals surface area contributed by atoms with Gasteiger partial charge >= 0.3 is 0 Å². The van der Waals surface area contributed by atoms with E-state index in [1.807, 2.05) is 18.7 Å². The zero-order chi connectivity index (χ0) is 24.7. The average Bonchev–Trinajstić information content (AvgIpc) is 3.58. The third-order valence-corrected chi connectivity index (χ3v) is 6.51. The lowest BCUT2D eigenvalue weighted by Crippen LogP contribution is -2.49. The van der Waals surface area contributed by atoms with E-state index >= 15 is 0 Å². The molecule has 1 aliphatic rings. The highest BCUT2D eigenvalue weighted by atomic mass is 16.4. The van der Waals surface area contributed by atoms with Crippen LogP contribution >= 0.6 is 0 Å². The Bertz CT molecular complexity index is 1500. The molecule has 35 heavy (non-hydrogen) atoms. The number of carbonyl (C=O) groups is 1. The largest absolute Gasteiger partial charge is 0.459 e. The van der Waals surface area contributed by atoms with Gasteiger partial charge in [0, 0.05) is 50.6 Å². The Morgan fingerprint density at radius 3 is 2.71 bits per heavy atom. The molecule has 0 aromatic carbocycles. The predicted octanol–water partition coefficient (Wildman–Crippen LogP) is 2.28. The summed E-state index contributed by atoms with van der Waals surface area (Å²) in [6.07, 6.45) is 2.11. The number of rotatable bonds is 5. The molecule has 0 saturated carbocycles. The molecule has 180 valence electrons. The van der Waals surface area contributed by atoms with Crippen LogP contribution in [0.3, 0.4) is 0 Å². The number of nitrogens with zero attached hydrogens (tertiary/aromatic N) is 6. The smallest absolute Gasteiger partial charge is 0.266 e. The van der Waals surface area contributed by atoms with Gasteiger partial charge < -0.3 is 23.6 Å². The maximum Gasteiger partial charge on any atom is 0.266 e. The number of H-pyrrole nitrogens is 1. The van der Waals surface area contributed by atoms with E-state index in [1.165, 1.54) is 6.26 Å². The molecule has 5 rings (SSSR count). The number of amides is 1. The van der Waals surface area contributed by atoms with E-state index in [1.54, 1.807) is 28.8 Å². The molecule has 0 bridgehead atoms. The normalized spacial score (nSPS) is 14.0. The molecule has 0 radical (unpaired) electrons. The number of fused-ring (bicyclic) bond motifs is 1. The first-order valence-electron chi connectivity index (χ1n) is 11.4. The van der Waals surface area contributed by atoms with Gasteiger partial charge in [-0.25, -0.2) is 0 Å². The molecule has 4 aromatic heterocycles. The fourth-order valence-corrected chi connectivity index (χ4v) is 4.71. The molecular weight excluding hydrogens is 450 g/mol. The Labute approximate surface area is 200 Å². The maximum atomic E-state index is 12.9. The summed E-state index contributed by atoms with van der Waals surface area (Å²) >= 11 is 0. The van der Waals surface area contributed by atoms with Crippen molar-refractivity contribution >= 4 is 22.8 Å². The monoisotopic (exact) mass is 475 g/mol. The van der Waals surface area contributed by atoms with Crippen LogP contribution in [-0.2, 0) is 18.3 Å². The predicted molar refractivity (Wildman–Crippen MR) is 127 cm³/mol. The van der Waals surface area contributed by atoms with Gasteiger partial charge in [-0.3, -0.25) is 14.3 Å². The van der Waals surface area contributed by atoms with E-state index in [4.69, 9.17) is 8.83 Å². The number of pyridine rings is 1. The number of hydrogen-bond donors (Lipinski definition) is 1. The van der Waals surface area contributed by atoms with Crippen LogP contribution in [0.4, 0.5) is 5.88 Å². The summed E-state index contributed by atoms with van der Waals surface area (Å²) in [4.78, 5) is 36.4. The Morgan fingerprint density at radius 2 is 2.03 bits per heavy atom. The van der Waals surface area contributed by atoms with E-state index in [0.717, 1.165) is 16.6 Å². The second-order valence-corrected chi connectivity index (χ2v) is 8.62. The molecule has 0 atom stereocenters. The minimum atomic E-state index is -0.183. The molecule has 1 N–H and O–H groups in total. The summed E-state index contributed by atoms with van der Waals surface area (Å²) in [5.41, 5.74) is 3.03. The second-order valence-electron chi connectivity index (χ2n) is 8.62. The van der Waals surface area contributed by atoms with Crippen LogP contribution in [0.5, 0.6) is 0 Å². The van der Waals surface area contributed by atoms with Crippen LogP contribution in [-0.4, -0.2) is 56.7 Å². The zero-order valence-corrected chi connectivity index (χ0v) is 19.8. The first-order chi connectivity index (χ1) is 16.9. The maximum absolute atomic E-state index is 12.9. The highest BCUT2D eigenvalue weighted by Gasteiger charge is 2.27. The highest BCUT2D eigenvalue weighted by Crippen LogP contribution is 2.29. The molecule has 1 saturated heterocycles. The van der Waals surface area contributed by atoms with E-state index < -0.39 is 0 Å². The first-order valence-corrected chi connectivity index (χ1v) is 11.4. The summed E-state index contributed by atoms with van der Waals surface area (Å²) in [5.74, 6) is 1.07. The Morgan fingerprint density at radius 1 is 1.26 bits per heavy atom. The van der Waals surface area contributed by atoms with Gasteiger partial charge in [0.15, 0.2) is 5.76 Å². The number of aromatic amines is 1. The Kier molecular flexibility index (Phi) is 5.64. The lowest BCUT2D eigenvalue weighted by atomic mass is 10.0. The number of aryl methyl sites for hydroxylation is 3. The molecule has 11 heteroatoms. The molecule has 0 aliphatic carbocycles. The second kappa shape index (κ2) is 8.79. The van der Waals surface area contributed by atoms with Crippen LogP contribution in [0.2, 0.25) is 0 Å². The van der Waals surface area contributed by atoms with E-state index in [-0.39, 0.29) is 29.5 Å². The molecule has 1 amide bonds. The van der Waals surface area contributed by atoms with Gasteiger partial charge in [0.05, 0.1) is 12.0 Å². The molecular formula is C24H25N7O4. The summed E-state index contributed by atoms with van der Waals surface area (Å²) in [6, 6.07) is 5.51. The molecule has 11 nitrogen and oxygen atoms in total. The third-order valence-electron chi connectivity index (χ3n) is 6.51. The number of oxazole rings is 1. The van der Waals surface area contributed by atoms with Crippen molar-refractivity contribution in [2.24, 2.45) is 7.05 Å². The fraction of sp³-hybridized carbons (Fsp3) is 0.375. The van der Waals surface area contributed by atoms with E-state index in [0.29, 0.717) is 55.5 Å². The topological polar surface area (TPSA) is 137 Å². The third kappa shape index (κ3) is 3.97. The standard InChI is InChI=1S/C24H25N7O4/c1-14-16(22(33)27-21-20(14)15(2)28-29(21)3)6-7-19(32)30-8-10-31(11-9-30)24-17(13-25)26-23(35-24)18-5-4-12-34-18/h4-5,12H,6-11H2,1-3H3,(H,27,33). The van der Waals surface area contributed by atoms with Crippen LogP contribution in [0.25, 0.3) is 22.7 Å². The summed E-state index contributed by atoms with van der Waals surface area (Å²) in [6.45, 7) is 5.80. The van der Waals surface area contributed by atoms with Crippen molar-refractivity contribution in [3.8, 4) is 17.7 Å². The van der Waals surface area contributed by atoms with Crippen molar-refractivity contribution in [2.45, 2.75) is 26.7 Å². The number of nitrogens with one attached hydrogen (secondary N) is 1. The van der Waals surface area contributed by atoms with Gasteiger partial charge in [-0.15, -0.1) is 0 Å². The van der Waals surface area contributed by atoms with Gasteiger partial charge in [0.1, 0.15) is 11.7 Å². The van der Waals surface area contributed by atoms with Gasteiger partial charge in [-0.1, -0.05) is 0 Å². The number of aromatic nitrogens is 4. The number of piperazine rings is 1. The molecule has 1 fully saturated rings. The van der Waals surface area contributed by atoms with Crippen molar-refractivity contribution in [1.29, 1.82) is 5.26 Å². The lowest BCUT2D eigenvalue weighted by molar-refractivity contribution is -0.131. The molecule has 5 heterocycles. The van der Waals surface area contributed by atoms with Crippen molar-refractivity contribution < 1.29 is 13.6 Å². The van der Waals surface area contributed by atoms with Gasteiger partial charge in [0.25, 0.3) is 11.4 Å². The zero-order valence-electron chi connectivity index (χ0n) is 19.8. The van der Waals surface area contributed by atoms with Crippen molar-refractivity contribution in [3.63, 3.8) is 0 Å². The summed E-state index contributed by atoms with van der Waals surface area (Å²) < 4.78 is 12.8. The quantitative estimate of drug-likeness (QED) is 0.464. The molecule has 1 aliphatic heterocycles. The van der Waals surface area contributed by atoms with Gasteiger partial charge in [0.2, 0.25) is 17.5 Å². The average molecular weight is 476 g/mol. The van der Waals surface area contributed by atoms with Crippen LogP contribution in [0, 0.1) is 25.2 Å². The minimum absolute atomic E-state index is 0.0131. The number of hydrogen-bond acceptors (Lipinski definition) is 8. The first kappa shape index (κ1) is 22.5. The molecule has 4 aromatic rings. The minimum Gasteiger partial charge on any atom is -0.459 e. The Hall–Kier alpha value is -4.33. The summed E-state index contributed by atoms with van der Waals surface area (Å²) in [5, 5.41) is 14.8. The molecule has 0 unspecified atom stereocenters. The lowest BCUT2D eigenvalue weighted by Gasteiger charge is -2.34. The van der Waals surface area contributed by atoms with Crippen LogP contribution in [0.15, 0.2) is 32.0 Å². The number of furan rings is 1. The number of anilines is 1. The van der Waals surface area contributed by atoms with Crippen LogP contribution < -0.4 is 10.5 Å². The Balaban J connectivity index is 1.24. The number of nitriles is 1. The van der Waals surface area contributed by atoms with Gasteiger partial charge in [-0.05, 0) is 38.0 Å². The van der Waals surface area contributed by atoms with Gasteiger partial charge in [-0.2, -0.15) is 15.3 Å². The van der Waals surface area contributed by atoms with Crippen molar-refractivity contribution in [1.82, 2.24) is 24.6 Å². The molecule has 0 spiro atoms. The summed E-state index contributed by atoms with van der Waals surface area (Å²) in [7, 11) is 1.80. The SMILES string of the molecule is Cc1nn(C)c2[nH]c(=O)c(CCC(=O)N3CCN(c4oc(-c5ccco5)nc4C#N)CC3)c(C)c12. The van der Waals surface area contributed by atoms with E-state index in [9.17, 15) is 14.9 Å². The highest BCUT2D eigenvalue weighted by molar-refractivity contribution is 5.83. The van der Waals surface area contributed by atoms with Crippen LogP contribution in [0.1, 0.15) is 28.9 Å². The van der Waals surface area contributed by atoms with Crippen molar-refractivity contribution in [2.75, 3.05) is 31.1 Å². The fourth-order valence-electron chi connectivity index (χ4n) is 4.71. The number of carbonyl (C=O) groups excluding carboxylic acids is 1. The van der Waals surface area contributed by atoms with E-state index in [2.05, 4.69) is 21.1 Å². The van der Waals surface area contributed by atoms with Crippen molar-refractivity contribution in [3.05, 3.63) is 51.3 Å².